The topological polar surface area (TPSA) is 365 Å². The summed E-state index contributed by atoms with van der Waals surface area (Å²) in [6, 6.07) is 26.7. The number of piperidine rings is 4. The number of aliphatic hydroxyl groups is 1. The van der Waals surface area contributed by atoms with Gasteiger partial charge < -0.3 is 46.4 Å². The Balaban J connectivity index is 0.000000135. The Bertz CT molecular complexity index is 6750. The second-order valence-electron chi connectivity index (χ2n) is 40.8. The quantitative estimate of drug-likeness (QED) is 0.0225. The van der Waals surface area contributed by atoms with Crippen LogP contribution in [-0.4, -0.2) is 235 Å². The number of aromatic amines is 4. The molecular formula is C109H132Cl4F4N28O3. The van der Waals surface area contributed by atoms with Crippen molar-refractivity contribution < 1.29 is 32.3 Å². The van der Waals surface area contributed by atoms with Crippen LogP contribution < -0.4 is 26.6 Å². The lowest BCUT2D eigenvalue weighted by Crippen LogP contribution is -2.49. The number of benzene rings is 4. The van der Waals surface area contributed by atoms with Gasteiger partial charge in [-0.25, -0.2) is 52.4 Å². The van der Waals surface area contributed by atoms with Gasteiger partial charge in [-0.1, -0.05) is 70.7 Å². The number of aryl methyl sites for hydroxylation is 8. The summed E-state index contributed by atoms with van der Waals surface area (Å²) >= 11 is 25.1. The Morgan fingerprint density at radius 3 is 1.18 bits per heavy atom. The molecule has 6 aliphatic heterocycles. The summed E-state index contributed by atoms with van der Waals surface area (Å²) in [5.74, 6) is 6.36. The van der Waals surface area contributed by atoms with Gasteiger partial charge in [0.1, 0.15) is 60.8 Å². The number of nitrogens with zero attached hydrogens (tertiary/aromatic N) is 19. The van der Waals surface area contributed by atoms with Crippen molar-refractivity contribution in [1.29, 1.82) is 0 Å². The molecule has 4 aromatic carbocycles. The van der Waals surface area contributed by atoms with Gasteiger partial charge in [0.25, 0.3) is 0 Å². The molecule has 6 saturated heterocycles. The number of H-pyrrole nitrogens is 4. The molecular weight excluding hydrogens is 1970 g/mol. The zero-order valence-corrected chi connectivity index (χ0v) is 88.8. The Morgan fingerprint density at radius 2 is 0.791 bits per heavy atom. The van der Waals surface area contributed by atoms with Gasteiger partial charge in [-0.2, -0.15) is 25.4 Å². The minimum atomic E-state index is -0.329. The molecule has 15 heterocycles. The Morgan fingerprint density at radius 1 is 0.419 bits per heavy atom. The molecule has 0 unspecified atom stereocenters. The summed E-state index contributed by atoms with van der Waals surface area (Å²) in [4.78, 5) is 79.0. The van der Waals surface area contributed by atoms with Crippen molar-refractivity contribution in [2.45, 2.75) is 252 Å². The molecule has 7 aliphatic rings. The molecule has 20 rings (SSSR count). The van der Waals surface area contributed by atoms with Crippen LogP contribution in [-0.2, 0) is 35.4 Å². The van der Waals surface area contributed by atoms with Crippen LogP contribution in [0.4, 0.5) is 75.7 Å². The van der Waals surface area contributed by atoms with Crippen LogP contribution in [0.3, 0.4) is 0 Å². The molecule has 782 valence electrons. The standard InChI is InChI=1S/C29H37ClFN7O.C27H33ClFN7O.C27H34ClFN6O.C26H28ClFN8/c1-17(2)38-9-5-6-25(38)29(39)37-10-7-20(8-11-37)22-15-24(31)21(12-18(22)3)14-26-32-16-23(30)28(33-26)34-27-13-19(4)35-36-27;1-16-11-19(13-24-30-15-21(28)26(31-24)32-25-12-17(2)33-34-25)22(29)14-20(16)18-6-9-36(10-7-18)27(37)23-5-4-8-35(23)3;1-16-11-19(13-25-30-15-23(28)27(31-25)32-26-12-17(2)33-34-26)24(29)14-22(16)18-7-9-35(10-8-18)20-3-5-21(36)6-4-20;1-16-10-23(31-26-30-14-21(27)25(33-26)32-24-11-17(2)34-35-24)22(28)12-20(16)19-5-8-36(9-6-19)15-18-4-3-7-29-13-18/h12-13,15-17,20,25H,5-11,14H2,1-4H3,(H2,32,33,34,35,36);11-12,14-15,18,23H,4-10,13H2,1-3H3,(H2,30,31,32,33,34);11-12,14-15,18,20-21,36H,3-10,13H2,1-2H3,(H2,30,31,32,33,34);3-4,7,10-14,19H,5-6,8-9,15H2,1-2H3,(H3,30,31,32,33,34,35)/t25-;23-;;/m11../s1. The van der Waals surface area contributed by atoms with Crippen molar-refractivity contribution in [2.75, 3.05) is 99.1 Å². The lowest BCUT2D eigenvalue weighted by molar-refractivity contribution is -0.138. The highest BCUT2D eigenvalue weighted by molar-refractivity contribution is 6.34. The first-order valence-electron chi connectivity index (χ1n) is 51.5. The van der Waals surface area contributed by atoms with Gasteiger partial charge in [0, 0.05) is 124 Å². The number of carbonyl (C=O) groups is 2. The number of pyridine rings is 1. The fourth-order valence-corrected chi connectivity index (χ4v) is 22.4. The summed E-state index contributed by atoms with van der Waals surface area (Å²) in [6.07, 6.45) is 25.9. The van der Waals surface area contributed by atoms with E-state index >= 15 is 17.6 Å². The maximum Gasteiger partial charge on any atom is 0.239 e. The van der Waals surface area contributed by atoms with E-state index in [1.807, 2.05) is 126 Å². The van der Waals surface area contributed by atoms with Gasteiger partial charge in [-0.15, -0.1) is 0 Å². The van der Waals surface area contributed by atoms with Crippen LogP contribution >= 0.6 is 46.4 Å². The Hall–Kier alpha value is -12.2. The number of rotatable bonds is 26. The molecule has 10 N–H and O–H groups in total. The summed E-state index contributed by atoms with van der Waals surface area (Å²) in [5.41, 5.74) is 15.3. The first-order valence-corrected chi connectivity index (χ1v) is 53.0. The predicted octanol–water partition coefficient (Wildman–Crippen LogP) is 21.6. The van der Waals surface area contributed by atoms with E-state index in [2.05, 4.69) is 159 Å². The number of hydrogen-bond donors (Lipinski definition) is 10. The van der Waals surface area contributed by atoms with E-state index < -0.39 is 0 Å². The molecule has 39 heteroatoms. The molecule has 2 atom stereocenters. The van der Waals surface area contributed by atoms with Crippen LogP contribution in [0.5, 0.6) is 0 Å². The maximum atomic E-state index is 15.3. The molecule has 0 spiro atoms. The van der Waals surface area contributed by atoms with Crippen LogP contribution in [0.15, 0.2) is 122 Å². The first kappa shape index (κ1) is 107. The van der Waals surface area contributed by atoms with Gasteiger partial charge >= 0.3 is 0 Å². The highest BCUT2D eigenvalue weighted by Crippen LogP contribution is 2.42. The van der Waals surface area contributed by atoms with Crippen molar-refractivity contribution >= 4 is 116 Å². The minimum absolute atomic E-state index is 0.00853. The van der Waals surface area contributed by atoms with Crippen LogP contribution in [0.1, 0.15) is 247 Å². The molecule has 1 aliphatic carbocycles. The molecule has 7 fully saturated rings. The number of aliphatic hydroxyl groups excluding tert-OH is 1. The smallest absolute Gasteiger partial charge is 0.239 e. The van der Waals surface area contributed by atoms with Crippen molar-refractivity contribution in [3.63, 3.8) is 0 Å². The second kappa shape index (κ2) is 49.1. The summed E-state index contributed by atoms with van der Waals surface area (Å²) in [5, 5.41) is 54.6. The number of amides is 2. The number of likely N-dealkylation sites (tertiary alicyclic amines) is 6. The van der Waals surface area contributed by atoms with E-state index in [0.717, 1.165) is 242 Å². The molecule has 31 nitrogen and oxygen atoms in total. The maximum absolute atomic E-state index is 15.3. The number of aromatic nitrogens is 17. The Labute approximate surface area is 881 Å². The lowest BCUT2D eigenvalue weighted by Gasteiger charge is -2.40. The highest BCUT2D eigenvalue weighted by atomic mass is 35.5. The fraction of sp³-hybridized carbons (Fsp3) is 0.459. The zero-order chi connectivity index (χ0) is 104. The van der Waals surface area contributed by atoms with E-state index in [1.165, 1.54) is 30.4 Å². The number of hydrogen-bond acceptors (Lipinski definition) is 25. The largest absolute Gasteiger partial charge is 0.393 e. The van der Waals surface area contributed by atoms with Crippen molar-refractivity contribution in [3.8, 4) is 0 Å². The molecule has 0 bridgehead atoms. The average molecular weight is 2100 g/mol. The third-order valence-electron chi connectivity index (χ3n) is 29.7. The monoisotopic (exact) mass is 2100 g/mol. The van der Waals surface area contributed by atoms with E-state index in [9.17, 15) is 14.7 Å². The number of nitrogens with one attached hydrogen (secondary N) is 9. The number of likely N-dealkylation sites (N-methyl/N-ethyl adjacent to an activating group) is 1. The third kappa shape index (κ3) is 27.3. The fourth-order valence-electron chi connectivity index (χ4n) is 21.8. The van der Waals surface area contributed by atoms with E-state index in [1.54, 1.807) is 30.5 Å². The normalized spacial score (nSPS) is 18.5. The molecule has 1 saturated carbocycles. The molecule has 2 amide bonds. The van der Waals surface area contributed by atoms with Gasteiger partial charge in [-0.05, 0) is 345 Å². The molecule has 148 heavy (non-hydrogen) atoms. The van der Waals surface area contributed by atoms with Crippen molar-refractivity contribution in [2.24, 2.45) is 0 Å². The second-order valence-corrected chi connectivity index (χ2v) is 42.5. The van der Waals surface area contributed by atoms with E-state index in [4.69, 9.17) is 46.4 Å². The van der Waals surface area contributed by atoms with Crippen LogP contribution in [0.25, 0.3) is 0 Å². The third-order valence-corrected chi connectivity index (χ3v) is 30.8. The first-order chi connectivity index (χ1) is 71.3. The van der Waals surface area contributed by atoms with Crippen LogP contribution in [0, 0.1) is 78.7 Å². The van der Waals surface area contributed by atoms with Crippen LogP contribution in [0.2, 0.25) is 20.1 Å². The van der Waals surface area contributed by atoms with E-state index in [0.29, 0.717) is 130 Å². The summed E-state index contributed by atoms with van der Waals surface area (Å²) in [6.45, 7) is 29.9. The van der Waals surface area contributed by atoms with Gasteiger partial charge in [0.05, 0.1) is 48.7 Å². The zero-order valence-electron chi connectivity index (χ0n) is 85.7. The van der Waals surface area contributed by atoms with Crippen molar-refractivity contribution in [1.82, 2.24) is 115 Å². The Kier molecular flexibility index (Phi) is 35.5. The highest BCUT2D eigenvalue weighted by Gasteiger charge is 2.39. The summed E-state index contributed by atoms with van der Waals surface area (Å²) < 4.78 is 61.0. The van der Waals surface area contributed by atoms with E-state index in [-0.39, 0.29) is 90.3 Å². The number of carbonyl (C=O) groups excluding carboxylic acids is 2. The predicted molar refractivity (Wildman–Crippen MR) is 572 cm³/mol. The molecule has 13 aromatic rings. The lowest BCUT2D eigenvalue weighted by atomic mass is 9.84. The van der Waals surface area contributed by atoms with Crippen molar-refractivity contribution in [3.05, 3.63) is 272 Å². The van der Waals surface area contributed by atoms with Gasteiger partial charge in [0.15, 0.2) is 46.5 Å². The number of halogens is 8. The summed E-state index contributed by atoms with van der Waals surface area (Å²) in [7, 11) is 2.03. The minimum Gasteiger partial charge on any atom is -0.393 e. The average Bonchev–Trinajstić information content (AvgIpc) is 1.09. The van der Waals surface area contributed by atoms with Gasteiger partial charge in [0.2, 0.25) is 17.8 Å². The number of anilines is 10. The molecule has 9 aromatic heterocycles. The molecule has 0 radical (unpaired) electrons. The SMILES string of the molecule is Cc1cc(Nc2nc(Cc3cc(C)c(C4CCN(C(=O)[C@H]5CCCN5C(C)C)CC4)cc3F)ncc2Cl)n[nH]1.Cc1cc(Nc2nc(Cc3cc(C)c(C4CCN(C(=O)[C@H]5CCCN5C)CC4)cc3F)ncc2Cl)n[nH]1.Cc1cc(Nc2nc(Cc3cc(C)c(C4CCN(C5CCC(O)CC5)CC4)cc3F)ncc2Cl)n[nH]1.Cc1cc(Nc2nc(Nc3cc(C)c(C4CCN(Cc5cccnc5)CC4)cc3F)ncc2Cl)n[nH]1. The van der Waals surface area contributed by atoms with Gasteiger partial charge in [-0.3, -0.25) is 49.7 Å².